The van der Waals surface area contributed by atoms with Gasteiger partial charge in [-0.3, -0.25) is 4.48 Å². The molecule has 0 aromatic carbocycles. The van der Waals surface area contributed by atoms with Crippen molar-refractivity contribution in [1.82, 2.24) is 6.15 Å². The molecular formula is C21H47N2O+. The van der Waals surface area contributed by atoms with Crippen LogP contribution in [-0.4, -0.2) is 31.5 Å². The minimum Gasteiger partial charge on any atom is -0.344 e. The monoisotopic (exact) mass is 343 g/mol. The molecule has 0 heterocycles. The van der Waals surface area contributed by atoms with E-state index in [0.717, 1.165) is 12.8 Å². The van der Waals surface area contributed by atoms with Crippen molar-refractivity contribution in [2.45, 2.75) is 110 Å². The quantitative estimate of drug-likeness (QED) is 0.252. The van der Waals surface area contributed by atoms with E-state index in [4.69, 9.17) is 0 Å². The summed E-state index contributed by atoms with van der Waals surface area (Å²) in [4.78, 5) is 11.8. The molecule has 0 aromatic heterocycles. The van der Waals surface area contributed by atoms with Gasteiger partial charge in [-0.05, 0) is 6.42 Å². The van der Waals surface area contributed by atoms with Crippen molar-refractivity contribution in [3.8, 4) is 0 Å². The van der Waals surface area contributed by atoms with E-state index in [1.54, 1.807) is 0 Å². The molecule has 0 atom stereocenters. The highest BCUT2D eigenvalue weighted by atomic mass is 16.2. The second-order valence-corrected chi connectivity index (χ2v) is 8.11. The third kappa shape index (κ3) is 17.9. The predicted octanol–water partition coefficient (Wildman–Crippen LogP) is 6.64. The van der Waals surface area contributed by atoms with Gasteiger partial charge in [0, 0.05) is 0 Å². The van der Waals surface area contributed by atoms with E-state index in [-0.39, 0.29) is 6.15 Å². The highest BCUT2D eigenvalue weighted by Crippen LogP contribution is 2.14. The van der Waals surface area contributed by atoms with E-state index in [1.165, 1.54) is 89.9 Å². The fraction of sp³-hybridized carbons (Fsp3) is 0.952. The Morgan fingerprint density at radius 1 is 0.583 bits per heavy atom. The number of rotatable bonds is 16. The predicted molar refractivity (Wildman–Crippen MR) is 108 cm³/mol. The molecule has 0 aliphatic heterocycles. The number of hydrogen-bond acceptors (Lipinski definition) is 2. The summed E-state index contributed by atoms with van der Waals surface area (Å²) in [6, 6.07) is 0. The first-order chi connectivity index (χ1) is 11.0. The van der Waals surface area contributed by atoms with Gasteiger partial charge in [-0.1, -0.05) is 96.8 Å². The van der Waals surface area contributed by atoms with Crippen LogP contribution in [0.2, 0.25) is 0 Å². The summed E-state index contributed by atoms with van der Waals surface area (Å²) in [6.07, 6.45) is 21.4. The zero-order valence-electron chi connectivity index (χ0n) is 17.4. The molecule has 0 aliphatic carbocycles. The largest absolute Gasteiger partial charge is 0.344 e. The molecule has 0 unspecified atom stereocenters. The lowest BCUT2D eigenvalue weighted by molar-refractivity contribution is -0.792. The van der Waals surface area contributed by atoms with E-state index in [1.807, 2.05) is 21.1 Å². The third-order valence-corrected chi connectivity index (χ3v) is 4.74. The van der Waals surface area contributed by atoms with E-state index >= 15 is 0 Å². The molecule has 0 rings (SSSR count). The van der Waals surface area contributed by atoms with Crippen molar-refractivity contribution >= 4 is 5.91 Å². The maximum atomic E-state index is 11.8. The van der Waals surface area contributed by atoms with Gasteiger partial charge < -0.3 is 6.15 Å². The molecule has 0 saturated carbocycles. The van der Waals surface area contributed by atoms with Crippen molar-refractivity contribution in [2.24, 2.45) is 0 Å². The van der Waals surface area contributed by atoms with Crippen molar-refractivity contribution in [1.29, 1.82) is 0 Å². The Balaban J connectivity index is 0. The summed E-state index contributed by atoms with van der Waals surface area (Å²) in [6.45, 7) is 2.28. The highest BCUT2D eigenvalue weighted by Gasteiger charge is 2.18. The number of hydrogen-bond donors (Lipinski definition) is 1. The van der Waals surface area contributed by atoms with Crippen LogP contribution >= 0.6 is 0 Å². The topological polar surface area (TPSA) is 52.1 Å². The van der Waals surface area contributed by atoms with Gasteiger partial charge in [-0.25, -0.2) is 4.79 Å². The second kappa shape index (κ2) is 17.4. The zero-order chi connectivity index (χ0) is 17.4. The summed E-state index contributed by atoms with van der Waals surface area (Å²) in [7, 11) is 5.90. The molecule has 3 nitrogen and oxygen atoms in total. The molecular weight excluding hydrogens is 296 g/mol. The maximum Gasteiger partial charge on any atom is 0.313 e. The van der Waals surface area contributed by atoms with Gasteiger partial charge in [0.15, 0.2) is 0 Å². The zero-order valence-corrected chi connectivity index (χ0v) is 17.4. The van der Waals surface area contributed by atoms with Crippen LogP contribution in [0.15, 0.2) is 0 Å². The summed E-state index contributed by atoms with van der Waals surface area (Å²) >= 11 is 0. The van der Waals surface area contributed by atoms with Crippen molar-refractivity contribution in [3.63, 3.8) is 0 Å². The number of carbonyl (C=O) groups is 1. The Morgan fingerprint density at radius 3 is 1.17 bits per heavy atom. The van der Waals surface area contributed by atoms with Gasteiger partial charge in [0.25, 0.3) is 0 Å². The molecule has 3 heteroatoms. The molecule has 24 heavy (non-hydrogen) atoms. The minimum atomic E-state index is 0. The van der Waals surface area contributed by atoms with Crippen LogP contribution in [0.4, 0.5) is 0 Å². The smallest absolute Gasteiger partial charge is 0.313 e. The molecule has 0 radical (unpaired) electrons. The lowest BCUT2D eigenvalue weighted by Crippen LogP contribution is -2.40. The maximum absolute atomic E-state index is 11.8. The Labute approximate surface area is 152 Å². The van der Waals surface area contributed by atoms with Crippen LogP contribution in [0.3, 0.4) is 0 Å². The summed E-state index contributed by atoms with van der Waals surface area (Å²) in [5.74, 6) is 0.361. The summed E-state index contributed by atoms with van der Waals surface area (Å²) < 4.78 is 0.471. The van der Waals surface area contributed by atoms with Crippen molar-refractivity contribution in [2.75, 3.05) is 21.1 Å². The Morgan fingerprint density at radius 2 is 0.875 bits per heavy atom. The molecule has 0 fully saturated rings. The first kappa shape index (κ1) is 25.8. The number of nitrogens with zero attached hydrogens (tertiary/aromatic N) is 1. The first-order valence-corrected chi connectivity index (χ1v) is 10.3. The summed E-state index contributed by atoms with van der Waals surface area (Å²) in [5.41, 5.74) is 0. The van der Waals surface area contributed by atoms with Gasteiger partial charge >= 0.3 is 5.91 Å². The van der Waals surface area contributed by atoms with Gasteiger partial charge in [-0.2, -0.15) is 0 Å². The number of unbranched alkanes of at least 4 members (excludes halogenated alkanes) is 14. The highest BCUT2D eigenvalue weighted by molar-refractivity contribution is 5.68. The van der Waals surface area contributed by atoms with Crippen molar-refractivity contribution < 1.29 is 9.28 Å². The van der Waals surface area contributed by atoms with E-state index in [9.17, 15) is 4.79 Å². The van der Waals surface area contributed by atoms with E-state index < -0.39 is 0 Å². The first-order valence-electron chi connectivity index (χ1n) is 10.3. The van der Waals surface area contributed by atoms with Gasteiger partial charge in [0.1, 0.15) is 0 Å². The van der Waals surface area contributed by atoms with Crippen LogP contribution < -0.4 is 6.15 Å². The minimum absolute atomic E-state index is 0. The molecule has 0 aromatic rings. The molecule has 0 spiro atoms. The molecule has 0 bridgehead atoms. The molecule has 0 aliphatic rings. The second-order valence-electron chi connectivity index (χ2n) is 8.11. The third-order valence-electron chi connectivity index (χ3n) is 4.74. The number of quaternary nitrogens is 1. The lowest BCUT2D eigenvalue weighted by Gasteiger charge is -2.20. The van der Waals surface area contributed by atoms with Gasteiger partial charge in [0.2, 0.25) is 0 Å². The molecule has 3 N–H and O–H groups in total. The van der Waals surface area contributed by atoms with Crippen LogP contribution in [0.1, 0.15) is 110 Å². The molecule has 0 saturated heterocycles. The van der Waals surface area contributed by atoms with Crippen LogP contribution in [-0.2, 0) is 4.79 Å². The van der Waals surface area contributed by atoms with Crippen molar-refractivity contribution in [3.05, 3.63) is 0 Å². The van der Waals surface area contributed by atoms with Gasteiger partial charge in [0.05, 0.1) is 27.6 Å². The normalized spacial score (nSPS) is 11.3. The van der Waals surface area contributed by atoms with Gasteiger partial charge in [-0.15, -0.1) is 0 Å². The fourth-order valence-corrected chi connectivity index (χ4v) is 2.98. The Kier molecular flexibility index (Phi) is 18.7. The number of amides is 1. The Bertz CT molecular complexity index is 272. The van der Waals surface area contributed by atoms with Crippen LogP contribution in [0.5, 0.6) is 0 Å². The lowest BCUT2D eigenvalue weighted by atomic mass is 10.0. The van der Waals surface area contributed by atoms with E-state index in [0.29, 0.717) is 10.4 Å². The van der Waals surface area contributed by atoms with E-state index in [2.05, 4.69) is 6.92 Å². The Hall–Kier alpha value is -0.410. The standard InChI is InChI=1S/C21H44NO.H3N/c1-5-6-7-8-9-10-11-12-13-14-15-16-17-18-19-20-21(23)22(2,3)4;/h5-20H2,1-4H3;1H3/q+1;. The number of carbonyl (C=O) groups excluding carboxylic acids is 1. The summed E-state index contributed by atoms with van der Waals surface area (Å²) in [5, 5.41) is 0. The van der Waals surface area contributed by atoms with Crippen LogP contribution in [0, 0.1) is 0 Å². The fourth-order valence-electron chi connectivity index (χ4n) is 2.98. The average Bonchev–Trinajstić information content (AvgIpc) is 2.50. The SMILES string of the molecule is CCCCCCCCCCCCCCCCCC(=O)[N+](C)(C)C.N. The van der Waals surface area contributed by atoms with Crippen LogP contribution in [0.25, 0.3) is 0 Å². The average molecular weight is 344 g/mol. The molecule has 1 amide bonds. The molecule has 146 valence electrons.